The van der Waals surface area contributed by atoms with Gasteiger partial charge in [0.25, 0.3) is 5.78 Å². The van der Waals surface area contributed by atoms with Gasteiger partial charge in [-0.25, -0.2) is 4.39 Å². The van der Waals surface area contributed by atoms with E-state index in [1.807, 2.05) is 19.1 Å². The van der Waals surface area contributed by atoms with Gasteiger partial charge in [-0.15, -0.1) is 10.2 Å². The standard InChI is InChI=1S/C20H14FN3O3S/c1-11-2-4-12(5-3-11)16-15(17(25)13-6-8-14(21)9-7-13)18(26)19(27)24(16)20-23-22-10-28-20/h2-10,16,25H,1H3/b17-15+/t16-/m0/s1. The lowest BCUT2D eigenvalue weighted by molar-refractivity contribution is -0.132. The van der Waals surface area contributed by atoms with Gasteiger partial charge in [-0.3, -0.25) is 14.5 Å². The maximum absolute atomic E-state index is 13.3. The number of hydrogen-bond acceptors (Lipinski definition) is 6. The van der Waals surface area contributed by atoms with Gasteiger partial charge in [0.1, 0.15) is 17.1 Å². The molecule has 1 amide bonds. The average molecular weight is 395 g/mol. The number of amides is 1. The Hall–Kier alpha value is -3.39. The van der Waals surface area contributed by atoms with E-state index in [9.17, 15) is 19.1 Å². The van der Waals surface area contributed by atoms with E-state index in [4.69, 9.17) is 0 Å². The van der Waals surface area contributed by atoms with E-state index < -0.39 is 23.5 Å². The van der Waals surface area contributed by atoms with Gasteiger partial charge >= 0.3 is 5.91 Å². The molecule has 1 aromatic heterocycles. The lowest BCUT2D eigenvalue weighted by Gasteiger charge is -2.22. The van der Waals surface area contributed by atoms with Gasteiger partial charge in [-0.1, -0.05) is 41.2 Å². The Balaban J connectivity index is 1.93. The van der Waals surface area contributed by atoms with E-state index in [0.717, 1.165) is 16.9 Å². The fourth-order valence-electron chi connectivity index (χ4n) is 3.13. The molecular weight excluding hydrogens is 381 g/mol. The largest absolute Gasteiger partial charge is 0.507 e. The SMILES string of the molecule is Cc1ccc([C@H]2/C(=C(\O)c3ccc(F)cc3)C(=O)C(=O)N2c2nncs2)cc1. The fraction of sp³-hybridized carbons (Fsp3) is 0.100. The number of anilines is 1. The molecule has 140 valence electrons. The van der Waals surface area contributed by atoms with E-state index in [2.05, 4.69) is 10.2 Å². The van der Waals surface area contributed by atoms with Crippen molar-refractivity contribution in [3.63, 3.8) is 0 Å². The molecular formula is C20H14FN3O3S. The van der Waals surface area contributed by atoms with Crippen LogP contribution in [0.15, 0.2) is 59.6 Å². The molecule has 3 aromatic rings. The zero-order valence-electron chi connectivity index (χ0n) is 14.7. The third-order valence-electron chi connectivity index (χ3n) is 4.51. The maximum atomic E-state index is 13.3. The lowest BCUT2D eigenvalue weighted by atomic mass is 9.95. The lowest BCUT2D eigenvalue weighted by Crippen LogP contribution is -2.29. The minimum Gasteiger partial charge on any atom is -0.507 e. The Morgan fingerprint density at radius 3 is 2.39 bits per heavy atom. The summed E-state index contributed by atoms with van der Waals surface area (Å²) in [6.45, 7) is 1.92. The molecule has 0 bridgehead atoms. The Kier molecular flexibility index (Phi) is 4.48. The van der Waals surface area contributed by atoms with Crippen molar-refractivity contribution in [3.05, 3.63) is 82.1 Å². The first-order chi connectivity index (χ1) is 13.5. The molecule has 2 heterocycles. The van der Waals surface area contributed by atoms with Crippen molar-refractivity contribution in [1.29, 1.82) is 0 Å². The van der Waals surface area contributed by atoms with Gasteiger partial charge in [-0.05, 0) is 36.8 Å². The van der Waals surface area contributed by atoms with E-state index >= 15 is 0 Å². The van der Waals surface area contributed by atoms with Crippen LogP contribution in [0.5, 0.6) is 0 Å². The first kappa shape index (κ1) is 18.0. The number of ketones is 1. The Labute approximate surface area is 163 Å². The minimum absolute atomic E-state index is 0.0735. The van der Waals surface area contributed by atoms with E-state index in [1.165, 1.54) is 34.7 Å². The number of carbonyl (C=O) groups is 2. The van der Waals surface area contributed by atoms with E-state index in [1.54, 1.807) is 12.1 Å². The zero-order valence-corrected chi connectivity index (χ0v) is 15.5. The number of aliphatic hydroxyl groups is 1. The fourth-order valence-corrected chi connectivity index (χ4v) is 3.71. The summed E-state index contributed by atoms with van der Waals surface area (Å²) in [5.41, 5.74) is 3.28. The molecule has 1 aliphatic heterocycles. The minimum atomic E-state index is -0.862. The maximum Gasteiger partial charge on any atom is 0.301 e. The molecule has 8 heteroatoms. The van der Waals surface area contributed by atoms with Crippen LogP contribution in [0, 0.1) is 12.7 Å². The highest BCUT2D eigenvalue weighted by Gasteiger charge is 2.48. The summed E-state index contributed by atoms with van der Waals surface area (Å²) in [7, 11) is 0. The average Bonchev–Trinajstić information content (AvgIpc) is 3.30. The van der Waals surface area contributed by atoms with Gasteiger partial charge in [-0.2, -0.15) is 0 Å². The van der Waals surface area contributed by atoms with Crippen LogP contribution in [0.25, 0.3) is 5.76 Å². The first-order valence-corrected chi connectivity index (χ1v) is 9.25. The normalized spacial score (nSPS) is 18.6. The quantitative estimate of drug-likeness (QED) is 0.416. The number of Topliss-reactive ketones (excluding diaryl/α,β-unsaturated/α-hetero) is 1. The van der Waals surface area contributed by atoms with Crippen LogP contribution >= 0.6 is 11.3 Å². The van der Waals surface area contributed by atoms with E-state index in [0.29, 0.717) is 5.56 Å². The highest BCUT2D eigenvalue weighted by atomic mass is 32.1. The van der Waals surface area contributed by atoms with Crippen LogP contribution in [0.1, 0.15) is 22.7 Å². The molecule has 0 saturated carbocycles. The number of aromatic nitrogens is 2. The molecule has 0 spiro atoms. The second kappa shape index (κ2) is 6.97. The first-order valence-electron chi connectivity index (χ1n) is 8.37. The number of hydrogen-bond donors (Lipinski definition) is 1. The number of rotatable bonds is 3. The Morgan fingerprint density at radius 2 is 1.79 bits per heavy atom. The van der Waals surface area contributed by atoms with Gasteiger partial charge in [0.2, 0.25) is 5.13 Å². The molecule has 6 nitrogen and oxygen atoms in total. The summed E-state index contributed by atoms with van der Waals surface area (Å²) >= 11 is 1.12. The van der Waals surface area contributed by atoms with Crippen molar-refractivity contribution >= 4 is 33.9 Å². The summed E-state index contributed by atoms with van der Waals surface area (Å²) < 4.78 is 13.3. The summed E-state index contributed by atoms with van der Waals surface area (Å²) in [6, 6.07) is 11.5. The van der Waals surface area contributed by atoms with Gasteiger partial charge < -0.3 is 5.11 Å². The molecule has 0 aliphatic carbocycles. The second-order valence-corrected chi connectivity index (χ2v) is 7.12. The summed E-state index contributed by atoms with van der Waals surface area (Å²) in [6.07, 6.45) is 0. The number of aliphatic hydroxyl groups excluding tert-OH is 1. The van der Waals surface area contributed by atoms with Crippen LogP contribution in [-0.4, -0.2) is 27.0 Å². The molecule has 0 unspecified atom stereocenters. The van der Waals surface area contributed by atoms with Crippen LogP contribution in [-0.2, 0) is 9.59 Å². The number of carbonyl (C=O) groups excluding carboxylic acids is 2. The van der Waals surface area contributed by atoms with Crippen LogP contribution in [0.2, 0.25) is 0 Å². The van der Waals surface area contributed by atoms with Crippen LogP contribution in [0.3, 0.4) is 0 Å². The van der Waals surface area contributed by atoms with Crippen LogP contribution < -0.4 is 4.90 Å². The topological polar surface area (TPSA) is 83.4 Å². The second-order valence-electron chi connectivity index (χ2n) is 6.31. The summed E-state index contributed by atoms with van der Waals surface area (Å²) in [4.78, 5) is 26.8. The highest BCUT2D eigenvalue weighted by Crippen LogP contribution is 2.42. The number of nitrogens with zero attached hydrogens (tertiary/aromatic N) is 3. The van der Waals surface area contributed by atoms with Gasteiger partial charge in [0.15, 0.2) is 0 Å². The summed E-state index contributed by atoms with van der Waals surface area (Å²) in [5, 5.41) is 18.8. The molecule has 1 aliphatic rings. The Morgan fingerprint density at radius 1 is 1.11 bits per heavy atom. The molecule has 2 aromatic carbocycles. The zero-order chi connectivity index (χ0) is 19.8. The van der Waals surface area contributed by atoms with Gasteiger partial charge in [0, 0.05) is 5.56 Å². The third kappa shape index (κ3) is 2.97. The summed E-state index contributed by atoms with van der Waals surface area (Å²) in [5.74, 6) is -2.47. The monoisotopic (exact) mass is 395 g/mol. The Bertz CT molecular complexity index is 1080. The predicted octanol–water partition coefficient (Wildman–Crippen LogP) is 3.61. The van der Waals surface area contributed by atoms with Crippen molar-refractivity contribution < 1.29 is 19.1 Å². The molecule has 1 fully saturated rings. The van der Waals surface area contributed by atoms with Crippen molar-refractivity contribution in [2.45, 2.75) is 13.0 Å². The van der Waals surface area contributed by atoms with Crippen molar-refractivity contribution in [1.82, 2.24) is 10.2 Å². The van der Waals surface area contributed by atoms with Gasteiger partial charge in [0.05, 0.1) is 11.6 Å². The van der Waals surface area contributed by atoms with E-state index in [-0.39, 0.29) is 22.0 Å². The van der Waals surface area contributed by atoms with Crippen molar-refractivity contribution in [2.75, 3.05) is 4.90 Å². The molecule has 1 N–H and O–H groups in total. The molecule has 1 atom stereocenters. The predicted molar refractivity (Wildman–Crippen MR) is 102 cm³/mol. The molecule has 4 rings (SSSR count). The number of halogens is 1. The smallest absolute Gasteiger partial charge is 0.301 e. The third-order valence-corrected chi connectivity index (χ3v) is 5.20. The van der Waals surface area contributed by atoms with Crippen molar-refractivity contribution in [3.8, 4) is 0 Å². The van der Waals surface area contributed by atoms with Crippen molar-refractivity contribution in [2.24, 2.45) is 0 Å². The van der Waals surface area contributed by atoms with Crippen LogP contribution in [0.4, 0.5) is 9.52 Å². The molecule has 1 saturated heterocycles. The number of aryl methyl sites for hydroxylation is 1. The molecule has 28 heavy (non-hydrogen) atoms. The molecule has 0 radical (unpaired) electrons. The number of benzene rings is 2. The highest BCUT2D eigenvalue weighted by molar-refractivity contribution is 7.13.